The summed E-state index contributed by atoms with van der Waals surface area (Å²) in [5, 5.41) is 12.9. The molecule has 0 aromatic heterocycles. The van der Waals surface area contributed by atoms with Crippen LogP contribution in [-0.4, -0.2) is 41.3 Å². The van der Waals surface area contributed by atoms with E-state index < -0.39 is 0 Å². The standard InChI is InChI=1S/C24H48N2O/c1-4-23-21-25-24(26(23)19-20-27)18-16-14-12-10-8-6-5-7-9-11-13-15-17-22(2)3/h22-23,27H,4-21H2,1-3H3/p+1. The van der Waals surface area contributed by atoms with Crippen molar-refractivity contribution in [1.29, 1.82) is 0 Å². The summed E-state index contributed by atoms with van der Waals surface area (Å²) >= 11 is 0. The average Bonchev–Trinajstić information content (AvgIpc) is 3.04. The molecule has 0 spiro atoms. The lowest BCUT2D eigenvalue weighted by Crippen LogP contribution is -2.28. The Kier molecular flexibility index (Phi) is 14.9. The van der Waals surface area contributed by atoms with Crippen LogP contribution in [0.1, 0.15) is 117 Å². The zero-order valence-electron chi connectivity index (χ0n) is 18.8. The number of hydrogen-bond donors (Lipinski definition) is 2. The molecule has 1 rings (SSSR count). The van der Waals surface area contributed by atoms with Gasteiger partial charge in [0.25, 0.3) is 0 Å². The summed E-state index contributed by atoms with van der Waals surface area (Å²) in [5.41, 5.74) is 0. The molecule has 2 N–H and O–H groups in total. The quantitative estimate of drug-likeness (QED) is 0.229. The molecular formula is C24H49N2O+. The van der Waals surface area contributed by atoms with Crippen molar-refractivity contribution in [2.24, 2.45) is 5.92 Å². The molecule has 0 saturated heterocycles. The summed E-state index contributed by atoms with van der Waals surface area (Å²) in [5.74, 6) is 2.26. The van der Waals surface area contributed by atoms with Crippen LogP contribution in [-0.2, 0) is 0 Å². The Morgan fingerprint density at radius 1 is 0.889 bits per heavy atom. The fourth-order valence-electron chi connectivity index (χ4n) is 4.30. The summed E-state index contributed by atoms with van der Waals surface area (Å²) in [6.45, 7) is 9.02. The molecule has 1 unspecified atom stereocenters. The molecule has 0 aromatic carbocycles. The molecule has 0 fully saturated rings. The van der Waals surface area contributed by atoms with Gasteiger partial charge < -0.3 is 5.11 Å². The van der Waals surface area contributed by atoms with Gasteiger partial charge in [-0.2, -0.15) is 0 Å². The third-order valence-corrected chi connectivity index (χ3v) is 6.09. The zero-order chi connectivity index (χ0) is 19.7. The predicted octanol–water partition coefficient (Wildman–Crippen LogP) is 5.89. The van der Waals surface area contributed by atoms with E-state index in [-0.39, 0.29) is 6.61 Å². The molecule has 3 nitrogen and oxygen atoms in total. The van der Waals surface area contributed by atoms with Crippen molar-refractivity contribution in [3.63, 3.8) is 0 Å². The predicted molar refractivity (Wildman–Crippen MR) is 119 cm³/mol. The van der Waals surface area contributed by atoms with Gasteiger partial charge in [0.1, 0.15) is 19.1 Å². The summed E-state index contributed by atoms with van der Waals surface area (Å²) in [6, 6.07) is 0.586. The summed E-state index contributed by atoms with van der Waals surface area (Å²) < 4.78 is 2.41. The Morgan fingerprint density at radius 3 is 1.89 bits per heavy atom. The van der Waals surface area contributed by atoms with Crippen LogP contribution >= 0.6 is 0 Å². The normalized spacial score (nSPS) is 17.1. The van der Waals surface area contributed by atoms with E-state index in [1.54, 1.807) is 0 Å². The second-order valence-corrected chi connectivity index (χ2v) is 8.98. The van der Waals surface area contributed by atoms with Crippen LogP contribution in [0.2, 0.25) is 0 Å². The van der Waals surface area contributed by atoms with Crippen LogP contribution in [0.25, 0.3) is 0 Å². The van der Waals surface area contributed by atoms with Crippen molar-refractivity contribution < 1.29 is 9.68 Å². The van der Waals surface area contributed by atoms with Gasteiger partial charge in [0.15, 0.2) is 0 Å². The van der Waals surface area contributed by atoms with E-state index in [0.717, 1.165) is 31.8 Å². The topological polar surface area (TPSA) is 35.3 Å². The minimum absolute atomic E-state index is 0.264. The molecule has 0 radical (unpaired) electrons. The molecule has 1 atom stereocenters. The fourth-order valence-corrected chi connectivity index (χ4v) is 4.30. The Bertz CT molecular complexity index is 379. The number of hydrogen-bond acceptors (Lipinski definition) is 2. The highest BCUT2D eigenvalue weighted by molar-refractivity contribution is 5.78. The summed E-state index contributed by atoms with van der Waals surface area (Å²) in [4.78, 5) is 0. The van der Waals surface area contributed by atoms with E-state index in [9.17, 15) is 5.11 Å². The first-order chi connectivity index (χ1) is 13.2. The molecule has 0 bridgehead atoms. The molecule has 0 aromatic rings. The smallest absolute Gasteiger partial charge is 0.245 e. The van der Waals surface area contributed by atoms with Crippen LogP contribution in [0.15, 0.2) is 0 Å². The molecule has 3 heteroatoms. The lowest BCUT2D eigenvalue weighted by Gasteiger charge is -2.09. The second kappa shape index (κ2) is 16.4. The van der Waals surface area contributed by atoms with Gasteiger partial charge in [-0.1, -0.05) is 97.8 Å². The molecule has 160 valence electrons. The van der Waals surface area contributed by atoms with E-state index in [4.69, 9.17) is 0 Å². The van der Waals surface area contributed by atoms with E-state index in [1.165, 1.54) is 89.3 Å². The second-order valence-electron chi connectivity index (χ2n) is 8.98. The average molecular weight is 382 g/mol. The number of amidine groups is 1. The zero-order valence-corrected chi connectivity index (χ0v) is 18.8. The maximum atomic E-state index is 9.28. The largest absolute Gasteiger partial charge is 0.392 e. The minimum atomic E-state index is 0.264. The van der Waals surface area contributed by atoms with E-state index in [0.29, 0.717) is 6.04 Å². The molecular weight excluding hydrogens is 332 g/mol. The van der Waals surface area contributed by atoms with Crippen molar-refractivity contribution in [3.05, 3.63) is 0 Å². The lowest BCUT2D eigenvalue weighted by molar-refractivity contribution is -0.558. The van der Waals surface area contributed by atoms with Gasteiger partial charge in [0, 0.05) is 6.42 Å². The van der Waals surface area contributed by atoms with Crippen molar-refractivity contribution in [3.8, 4) is 0 Å². The van der Waals surface area contributed by atoms with E-state index in [2.05, 4.69) is 30.7 Å². The van der Waals surface area contributed by atoms with Crippen LogP contribution < -0.4 is 5.32 Å². The highest BCUT2D eigenvalue weighted by Gasteiger charge is 2.28. The van der Waals surface area contributed by atoms with Crippen LogP contribution in [0, 0.1) is 5.92 Å². The number of aliphatic hydroxyl groups is 1. The Balaban J connectivity index is 1.90. The first-order valence-electron chi connectivity index (χ1n) is 12.2. The monoisotopic (exact) mass is 381 g/mol. The van der Waals surface area contributed by atoms with E-state index >= 15 is 0 Å². The van der Waals surface area contributed by atoms with Crippen molar-refractivity contribution in [1.82, 2.24) is 5.32 Å². The summed E-state index contributed by atoms with van der Waals surface area (Å²) in [7, 11) is 0. The van der Waals surface area contributed by atoms with Gasteiger partial charge in [-0.3, -0.25) is 9.89 Å². The molecule has 1 aliphatic heterocycles. The van der Waals surface area contributed by atoms with Crippen molar-refractivity contribution in [2.45, 2.75) is 123 Å². The van der Waals surface area contributed by atoms with Gasteiger partial charge in [-0.05, 0) is 18.8 Å². The van der Waals surface area contributed by atoms with Gasteiger partial charge >= 0.3 is 0 Å². The number of rotatable bonds is 18. The van der Waals surface area contributed by atoms with E-state index in [1.807, 2.05) is 0 Å². The third kappa shape index (κ3) is 11.8. The molecule has 1 aliphatic rings. The van der Waals surface area contributed by atoms with Crippen molar-refractivity contribution >= 4 is 5.84 Å². The maximum absolute atomic E-state index is 9.28. The number of β-amino-alcohol motifs (C(OH)–C–C–N with tert-alkyl or cyclic N) is 1. The first-order valence-corrected chi connectivity index (χ1v) is 12.2. The molecule has 0 saturated carbocycles. The maximum Gasteiger partial charge on any atom is 0.245 e. The number of unbranched alkanes of at least 4 members (excludes halogenated alkanes) is 11. The highest BCUT2D eigenvalue weighted by Crippen LogP contribution is 2.15. The molecule has 1 heterocycles. The molecule has 27 heavy (non-hydrogen) atoms. The summed E-state index contributed by atoms with van der Waals surface area (Å²) in [6.07, 6.45) is 20.7. The Labute approximate surface area is 170 Å². The molecule has 0 amide bonds. The first kappa shape index (κ1) is 24.5. The van der Waals surface area contributed by atoms with Crippen LogP contribution in [0.4, 0.5) is 0 Å². The minimum Gasteiger partial charge on any atom is -0.392 e. The van der Waals surface area contributed by atoms with Gasteiger partial charge in [0.05, 0.1) is 6.61 Å². The Morgan fingerprint density at radius 2 is 1.41 bits per heavy atom. The van der Waals surface area contributed by atoms with Gasteiger partial charge in [-0.25, -0.2) is 0 Å². The number of nitrogens with zero attached hydrogens (tertiary/aromatic N) is 1. The number of nitrogens with one attached hydrogen (secondary N) is 1. The highest BCUT2D eigenvalue weighted by atomic mass is 16.3. The molecule has 0 aliphatic carbocycles. The SMILES string of the molecule is CCC1CNC(CCCCCCCCCCCCCCC(C)C)=[N+]1CCO. The lowest BCUT2D eigenvalue weighted by atomic mass is 10.0. The van der Waals surface area contributed by atoms with Crippen molar-refractivity contribution in [2.75, 3.05) is 19.7 Å². The number of aliphatic hydroxyl groups excluding tert-OH is 1. The van der Waals surface area contributed by atoms with Crippen LogP contribution in [0.3, 0.4) is 0 Å². The third-order valence-electron chi connectivity index (χ3n) is 6.09. The van der Waals surface area contributed by atoms with Gasteiger partial charge in [-0.15, -0.1) is 0 Å². The van der Waals surface area contributed by atoms with Crippen LogP contribution in [0.5, 0.6) is 0 Å². The Hall–Kier alpha value is -0.570. The van der Waals surface area contributed by atoms with Gasteiger partial charge in [0.2, 0.25) is 5.84 Å². The fraction of sp³-hybridized carbons (Fsp3) is 0.958.